The Kier molecular flexibility index (Phi) is 5.38. The Labute approximate surface area is 164 Å². The topological polar surface area (TPSA) is 51.4 Å². The van der Waals surface area contributed by atoms with E-state index in [-0.39, 0.29) is 6.10 Å². The molecule has 0 spiro atoms. The van der Waals surface area contributed by atoms with E-state index in [0.717, 1.165) is 42.5 Å². The van der Waals surface area contributed by atoms with Gasteiger partial charge < -0.3 is 9.26 Å². The summed E-state index contributed by atoms with van der Waals surface area (Å²) in [5.74, 6) is 1.37. The summed E-state index contributed by atoms with van der Waals surface area (Å²) in [5.41, 5.74) is 3.42. The van der Waals surface area contributed by atoms with Crippen LogP contribution >= 0.6 is 11.3 Å². The molecule has 0 amide bonds. The Balaban J connectivity index is 1.42. The Morgan fingerprint density at radius 1 is 1.26 bits per heavy atom. The molecule has 0 saturated carbocycles. The number of aryl methyl sites for hydroxylation is 2. The molecule has 0 N–H and O–H groups in total. The van der Waals surface area contributed by atoms with Gasteiger partial charge in [-0.3, -0.25) is 4.90 Å². The number of hydrogen-bond acceptors (Lipinski definition) is 6. The van der Waals surface area contributed by atoms with Crippen molar-refractivity contribution >= 4 is 11.3 Å². The molecule has 3 heterocycles. The predicted molar refractivity (Wildman–Crippen MR) is 107 cm³/mol. The van der Waals surface area contributed by atoms with Gasteiger partial charge in [-0.2, -0.15) is 0 Å². The van der Waals surface area contributed by atoms with Gasteiger partial charge in [-0.25, -0.2) is 4.98 Å². The van der Waals surface area contributed by atoms with E-state index in [1.807, 2.05) is 19.2 Å². The molecule has 1 aliphatic heterocycles. The van der Waals surface area contributed by atoms with Crippen molar-refractivity contribution in [2.75, 3.05) is 20.2 Å². The number of thiazole rings is 1. The maximum absolute atomic E-state index is 5.75. The zero-order valence-corrected chi connectivity index (χ0v) is 16.8. The zero-order chi connectivity index (χ0) is 18.8. The van der Waals surface area contributed by atoms with Gasteiger partial charge in [0.25, 0.3) is 0 Å². The molecule has 5 nitrogen and oxygen atoms in total. The number of ether oxygens (including phenoxy) is 1. The highest BCUT2D eigenvalue weighted by atomic mass is 32.1. The summed E-state index contributed by atoms with van der Waals surface area (Å²) in [7, 11) is 1.80. The van der Waals surface area contributed by atoms with Gasteiger partial charge in [-0.15, -0.1) is 11.3 Å². The van der Waals surface area contributed by atoms with E-state index in [0.29, 0.717) is 5.92 Å². The highest BCUT2D eigenvalue weighted by Crippen LogP contribution is 2.30. The van der Waals surface area contributed by atoms with E-state index in [1.54, 1.807) is 18.4 Å². The second kappa shape index (κ2) is 7.92. The average Bonchev–Trinajstić information content (AvgIpc) is 3.37. The van der Waals surface area contributed by atoms with Gasteiger partial charge in [0.1, 0.15) is 10.8 Å². The van der Waals surface area contributed by atoms with E-state index in [2.05, 4.69) is 46.2 Å². The number of aromatic nitrogens is 2. The van der Waals surface area contributed by atoms with Crippen LogP contribution in [0.4, 0.5) is 0 Å². The highest BCUT2D eigenvalue weighted by Gasteiger charge is 2.34. The SMILES string of the molecule is CO[C@H]1CN(Cc2cnc(-c3ccccc3C)s2)C[C@H]1Cc1cc(C)no1. The quantitative estimate of drug-likeness (QED) is 0.641. The minimum absolute atomic E-state index is 0.221. The van der Waals surface area contributed by atoms with E-state index in [4.69, 9.17) is 9.26 Å². The van der Waals surface area contributed by atoms with Crippen LogP contribution in [0.25, 0.3) is 10.6 Å². The fourth-order valence-electron chi connectivity index (χ4n) is 3.83. The maximum Gasteiger partial charge on any atom is 0.137 e. The molecule has 1 saturated heterocycles. The van der Waals surface area contributed by atoms with Crippen LogP contribution in [0.1, 0.15) is 21.9 Å². The van der Waals surface area contributed by atoms with Gasteiger partial charge in [0.15, 0.2) is 0 Å². The van der Waals surface area contributed by atoms with Crippen molar-refractivity contribution < 1.29 is 9.26 Å². The summed E-state index contributed by atoms with van der Waals surface area (Å²) < 4.78 is 11.1. The molecule has 6 heteroatoms. The molecule has 2 aromatic heterocycles. The molecule has 3 aromatic rings. The molecule has 0 radical (unpaired) electrons. The van der Waals surface area contributed by atoms with Crippen molar-refractivity contribution in [3.05, 3.63) is 58.4 Å². The molecule has 27 heavy (non-hydrogen) atoms. The van der Waals surface area contributed by atoms with Crippen LogP contribution < -0.4 is 0 Å². The molecular weight excluding hydrogens is 358 g/mol. The minimum Gasteiger partial charge on any atom is -0.380 e. The number of rotatable bonds is 6. The van der Waals surface area contributed by atoms with Crippen molar-refractivity contribution in [3.63, 3.8) is 0 Å². The van der Waals surface area contributed by atoms with Gasteiger partial charge in [-0.1, -0.05) is 29.4 Å². The largest absolute Gasteiger partial charge is 0.380 e. The summed E-state index contributed by atoms with van der Waals surface area (Å²) in [4.78, 5) is 8.40. The lowest BCUT2D eigenvalue weighted by atomic mass is 10.0. The molecule has 142 valence electrons. The van der Waals surface area contributed by atoms with Crippen molar-refractivity contribution in [3.8, 4) is 10.6 Å². The summed E-state index contributed by atoms with van der Waals surface area (Å²) >= 11 is 1.78. The second-order valence-corrected chi connectivity index (χ2v) is 8.43. The number of nitrogens with zero attached hydrogens (tertiary/aromatic N) is 3. The lowest BCUT2D eigenvalue weighted by molar-refractivity contribution is 0.0762. The lowest BCUT2D eigenvalue weighted by Gasteiger charge is -2.14. The van der Waals surface area contributed by atoms with Gasteiger partial charge in [0, 0.05) is 61.8 Å². The monoisotopic (exact) mass is 383 g/mol. The van der Waals surface area contributed by atoms with Crippen molar-refractivity contribution in [1.82, 2.24) is 15.0 Å². The van der Waals surface area contributed by atoms with Crippen LogP contribution in [0.2, 0.25) is 0 Å². The summed E-state index contributed by atoms with van der Waals surface area (Å²) in [6.45, 7) is 6.94. The molecule has 0 aliphatic carbocycles. The molecular formula is C21H25N3O2S. The zero-order valence-electron chi connectivity index (χ0n) is 16.0. The molecule has 1 fully saturated rings. The third kappa shape index (κ3) is 4.13. The molecule has 4 rings (SSSR count). The maximum atomic E-state index is 5.75. The third-order valence-corrected chi connectivity index (χ3v) is 6.22. The van der Waals surface area contributed by atoms with E-state index in [1.165, 1.54) is 16.0 Å². The number of likely N-dealkylation sites (tertiary alicyclic amines) is 1. The predicted octanol–water partition coefficient (Wildman–Crippen LogP) is 4.10. The molecule has 2 atom stereocenters. The first-order chi connectivity index (χ1) is 13.1. The van der Waals surface area contributed by atoms with E-state index >= 15 is 0 Å². The highest BCUT2D eigenvalue weighted by molar-refractivity contribution is 7.15. The smallest absolute Gasteiger partial charge is 0.137 e. The van der Waals surface area contributed by atoms with Gasteiger partial charge in [0.2, 0.25) is 0 Å². The standard InChI is InChI=1S/C21H25N3O2S/c1-14-6-4-5-7-19(14)21-22-10-18(27-21)12-24-11-16(20(13-24)25-3)9-17-8-15(2)23-26-17/h4-8,10,16,20H,9,11-13H2,1-3H3/t16-,20+/m1/s1. The summed E-state index contributed by atoms with van der Waals surface area (Å²) in [5, 5.41) is 5.10. The molecule has 0 bridgehead atoms. The number of hydrogen-bond donors (Lipinski definition) is 0. The molecule has 1 aliphatic rings. The first-order valence-electron chi connectivity index (χ1n) is 9.30. The average molecular weight is 384 g/mol. The van der Waals surface area contributed by atoms with Gasteiger partial charge >= 0.3 is 0 Å². The van der Waals surface area contributed by atoms with E-state index < -0.39 is 0 Å². The van der Waals surface area contributed by atoms with Crippen LogP contribution in [-0.2, 0) is 17.7 Å². The first kappa shape index (κ1) is 18.3. The lowest BCUT2D eigenvalue weighted by Crippen LogP contribution is -2.23. The number of methoxy groups -OCH3 is 1. The van der Waals surface area contributed by atoms with Crippen LogP contribution in [0.5, 0.6) is 0 Å². The fraction of sp³-hybridized carbons (Fsp3) is 0.429. The van der Waals surface area contributed by atoms with Crippen LogP contribution in [-0.4, -0.2) is 41.3 Å². The van der Waals surface area contributed by atoms with Crippen molar-refractivity contribution in [2.24, 2.45) is 5.92 Å². The Bertz CT molecular complexity index is 904. The van der Waals surface area contributed by atoms with Gasteiger partial charge in [-0.05, 0) is 19.4 Å². The number of benzene rings is 1. The van der Waals surface area contributed by atoms with Crippen LogP contribution in [0.15, 0.2) is 41.1 Å². The normalized spacial score (nSPS) is 20.4. The minimum atomic E-state index is 0.221. The van der Waals surface area contributed by atoms with E-state index in [9.17, 15) is 0 Å². The fourth-order valence-corrected chi connectivity index (χ4v) is 4.87. The Morgan fingerprint density at radius 3 is 2.85 bits per heavy atom. The first-order valence-corrected chi connectivity index (χ1v) is 10.1. The molecule has 0 unspecified atom stereocenters. The van der Waals surface area contributed by atoms with Crippen molar-refractivity contribution in [1.29, 1.82) is 0 Å². The van der Waals surface area contributed by atoms with Crippen LogP contribution in [0, 0.1) is 19.8 Å². The van der Waals surface area contributed by atoms with Crippen LogP contribution in [0.3, 0.4) is 0 Å². The van der Waals surface area contributed by atoms with Gasteiger partial charge in [0.05, 0.1) is 11.8 Å². The summed E-state index contributed by atoms with van der Waals surface area (Å²) in [6, 6.07) is 10.4. The van der Waals surface area contributed by atoms with Crippen molar-refractivity contribution in [2.45, 2.75) is 32.9 Å². The third-order valence-electron chi connectivity index (χ3n) is 5.21. The molecule has 1 aromatic carbocycles. The second-order valence-electron chi connectivity index (χ2n) is 7.31. The Hall–Kier alpha value is -2.02. The summed E-state index contributed by atoms with van der Waals surface area (Å²) in [6.07, 6.45) is 3.10. The Morgan fingerprint density at radius 2 is 2.11 bits per heavy atom.